The van der Waals surface area contributed by atoms with Crippen molar-refractivity contribution in [2.75, 3.05) is 0 Å². The lowest BCUT2D eigenvalue weighted by atomic mass is 9.95. The molecule has 0 spiro atoms. The van der Waals surface area contributed by atoms with Crippen molar-refractivity contribution in [1.29, 1.82) is 5.26 Å². The van der Waals surface area contributed by atoms with Gasteiger partial charge in [-0.15, -0.1) is 0 Å². The van der Waals surface area contributed by atoms with Crippen molar-refractivity contribution >= 4 is 5.97 Å². The Balaban J connectivity index is 2.17. The maximum absolute atomic E-state index is 13.3. The van der Waals surface area contributed by atoms with Crippen LogP contribution in [-0.4, -0.2) is 15.6 Å². The summed E-state index contributed by atoms with van der Waals surface area (Å²) in [6.45, 7) is 1.82. The molecule has 148 valence electrons. The third-order valence-electron chi connectivity index (χ3n) is 4.88. The van der Waals surface area contributed by atoms with E-state index in [4.69, 9.17) is 0 Å². The predicted octanol–water partition coefficient (Wildman–Crippen LogP) is 5.51. The quantitative estimate of drug-likeness (QED) is 0.630. The molecule has 2 aromatic carbocycles. The predicted molar refractivity (Wildman–Crippen MR) is 102 cm³/mol. The molecule has 0 aliphatic rings. The molecule has 1 aromatic heterocycles. The molecule has 0 saturated carbocycles. The summed E-state index contributed by atoms with van der Waals surface area (Å²) in [5.41, 5.74) is 1.20. The minimum Gasteiger partial charge on any atom is -0.477 e. The van der Waals surface area contributed by atoms with Crippen LogP contribution in [-0.2, 0) is 19.6 Å². The van der Waals surface area contributed by atoms with Crippen molar-refractivity contribution in [2.45, 2.75) is 19.5 Å². The van der Waals surface area contributed by atoms with Gasteiger partial charge in [0.15, 0.2) is 0 Å². The van der Waals surface area contributed by atoms with Gasteiger partial charge in [0, 0.05) is 18.3 Å². The Morgan fingerprint density at radius 2 is 1.69 bits per heavy atom. The van der Waals surface area contributed by atoms with Crippen LogP contribution in [0.2, 0.25) is 0 Å². The van der Waals surface area contributed by atoms with Crippen molar-refractivity contribution < 1.29 is 23.1 Å². The second-order valence-corrected chi connectivity index (χ2v) is 6.50. The SMILES string of the molecule is CCc1c(C#N)c(-c2ccc(-c3ccccc3C(F)(F)F)cc2)c(C(=O)O)n1C. The molecule has 1 N–H and O–H groups in total. The molecule has 0 fully saturated rings. The van der Waals surface area contributed by atoms with E-state index in [-0.39, 0.29) is 22.4 Å². The van der Waals surface area contributed by atoms with Crippen LogP contribution in [0.3, 0.4) is 0 Å². The molecule has 3 rings (SSSR count). The first-order chi connectivity index (χ1) is 13.7. The summed E-state index contributed by atoms with van der Waals surface area (Å²) in [4.78, 5) is 11.8. The number of alkyl halides is 3. The number of carboxylic acid groups (broad SMARTS) is 1. The summed E-state index contributed by atoms with van der Waals surface area (Å²) >= 11 is 0. The van der Waals surface area contributed by atoms with Crippen LogP contribution in [0, 0.1) is 11.3 Å². The largest absolute Gasteiger partial charge is 0.477 e. The summed E-state index contributed by atoms with van der Waals surface area (Å²) in [5.74, 6) is -1.18. The highest BCUT2D eigenvalue weighted by atomic mass is 19.4. The number of rotatable bonds is 4. The number of nitrogens with zero attached hydrogens (tertiary/aromatic N) is 2. The lowest BCUT2D eigenvalue weighted by Crippen LogP contribution is -2.07. The number of hydrogen-bond acceptors (Lipinski definition) is 2. The Hall–Kier alpha value is -3.53. The first-order valence-electron chi connectivity index (χ1n) is 8.82. The molecular weight excluding hydrogens is 381 g/mol. The third-order valence-corrected chi connectivity index (χ3v) is 4.88. The fourth-order valence-electron chi connectivity index (χ4n) is 3.60. The number of aromatic nitrogens is 1. The van der Waals surface area contributed by atoms with E-state index < -0.39 is 17.7 Å². The lowest BCUT2D eigenvalue weighted by Gasteiger charge is -2.13. The van der Waals surface area contributed by atoms with Crippen LogP contribution in [0.5, 0.6) is 0 Å². The van der Waals surface area contributed by atoms with Crippen molar-refractivity contribution in [1.82, 2.24) is 4.57 Å². The van der Waals surface area contributed by atoms with Gasteiger partial charge in [-0.2, -0.15) is 18.4 Å². The fraction of sp³-hybridized carbons (Fsp3) is 0.182. The van der Waals surface area contributed by atoms with Crippen molar-refractivity contribution in [3.63, 3.8) is 0 Å². The summed E-state index contributed by atoms with van der Waals surface area (Å²) < 4.78 is 41.4. The highest BCUT2D eigenvalue weighted by molar-refractivity contribution is 5.97. The van der Waals surface area contributed by atoms with Crippen molar-refractivity contribution in [3.05, 3.63) is 71.0 Å². The van der Waals surface area contributed by atoms with E-state index >= 15 is 0 Å². The van der Waals surface area contributed by atoms with E-state index in [0.29, 0.717) is 23.2 Å². The van der Waals surface area contributed by atoms with E-state index in [0.717, 1.165) is 6.07 Å². The Labute approximate surface area is 165 Å². The zero-order chi connectivity index (χ0) is 21.3. The zero-order valence-corrected chi connectivity index (χ0v) is 15.7. The summed E-state index contributed by atoms with van der Waals surface area (Å²) in [5, 5.41) is 19.2. The number of carbonyl (C=O) groups is 1. The molecule has 0 bridgehead atoms. The highest BCUT2D eigenvalue weighted by Gasteiger charge is 2.33. The van der Waals surface area contributed by atoms with Crippen LogP contribution in [0.1, 0.15) is 34.2 Å². The van der Waals surface area contributed by atoms with Gasteiger partial charge in [-0.1, -0.05) is 49.4 Å². The molecule has 0 amide bonds. The minimum absolute atomic E-state index is 0.0261. The summed E-state index contributed by atoms with van der Waals surface area (Å²) in [7, 11) is 1.58. The van der Waals surface area contributed by atoms with E-state index in [9.17, 15) is 28.3 Å². The summed E-state index contributed by atoms with van der Waals surface area (Å²) in [6, 6.07) is 13.4. The average molecular weight is 398 g/mol. The Kier molecular flexibility index (Phi) is 5.21. The van der Waals surface area contributed by atoms with Gasteiger partial charge in [-0.05, 0) is 29.2 Å². The number of nitriles is 1. The maximum Gasteiger partial charge on any atom is 0.417 e. The van der Waals surface area contributed by atoms with Gasteiger partial charge in [0.2, 0.25) is 0 Å². The van der Waals surface area contributed by atoms with Gasteiger partial charge in [-0.25, -0.2) is 4.79 Å². The Morgan fingerprint density at radius 3 is 2.21 bits per heavy atom. The van der Waals surface area contributed by atoms with Crippen LogP contribution < -0.4 is 0 Å². The van der Waals surface area contributed by atoms with Gasteiger partial charge in [0.1, 0.15) is 11.8 Å². The van der Waals surface area contributed by atoms with Crippen LogP contribution in [0.4, 0.5) is 13.2 Å². The van der Waals surface area contributed by atoms with E-state index in [1.54, 1.807) is 19.2 Å². The number of benzene rings is 2. The van der Waals surface area contributed by atoms with Gasteiger partial charge in [-0.3, -0.25) is 0 Å². The molecule has 0 unspecified atom stereocenters. The second-order valence-electron chi connectivity index (χ2n) is 6.50. The Morgan fingerprint density at radius 1 is 1.10 bits per heavy atom. The molecule has 0 radical (unpaired) electrons. The number of hydrogen-bond donors (Lipinski definition) is 1. The van der Waals surface area contributed by atoms with E-state index in [2.05, 4.69) is 6.07 Å². The van der Waals surface area contributed by atoms with Crippen molar-refractivity contribution in [2.24, 2.45) is 7.05 Å². The standard InChI is InChI=1S/C22H17F3N2O2/c1-3-18-16(12-26)19(20(21(28)29)27(18)2)14-10-8-13(9-11-14)15-6-4-5-7-17(15)22(23,24)25/h4-11H,3H2,1-2H3,(H,28,29). The maximum atomic E-state index is 13.3. The van der Waals surface area contributed by atoms with E-state index in [1.165, 1.54) is 34.9 Å². The molecule has 4 nitrogen and oxygen atoms in total. The fourth-order valence-corrected chi connectivity index (χ4v) is 3.60. The smallest absolute Gasteiger partial charge is 0.417 e. The molecular formula is C22H17F3N2O2. The van der Waals surface area contributed by atoms with Crippen LogP contribution >= 0.6 is 0 Å². The molecule has 3 aromatic rings. The summed E-state index contributed by atoms with van der Waals surface area (Å²) in [6.07, 6.45) is -4.02. The molecule has 0 aliphatic heterocycles. The Bertz CT molecular complexity index is 1120. The molecule has 0 saturated heterocycles. The van der Waals surface area contributed by atoms with Gasteiger partial charge >= 0.3 is 12.1 Å². The second kappa shape index (κ2) is 7.47. The molecule has 0 aliphatic carbocycles. The molecule has 29 heavy (non-hydrogen) atoms. The van der Waals surface area contributed by atoms with Crippen LogP contribution in [0.25, 0.3) is 22.3 Å². The minimum atomic E-state index is -4.49. The van der Waals surface area contributed by atoms with Crippen molar-refractivity contribution in [3.8, 4) is 28.3 Å². The number of carboxylic acids is 1. The lowest BCUT2D eigenvalue weighted by molar-refractivity contribution is -0.137. The van der Waals surface area contributed by atoms with Gasteiger partial charge in [0.05, 0.1) is 11.1 Å². The monoisotopic (exact) mass is 398 g/mol. The third kappa shape index (κ3) is 3.49. The molecule has 0 atom stereocenters. The topological polar surface area (TPSA) is 66.0 Å². The van der Waals surface area contributed by atoms with Crippen LogP contribution in [0.15, 0.2) is 48.5 Å². The first kappa shape index (κ1) is 20.2. The zero-order valence-electron chi connectivity index (χ0n) is 15.7. The highest BCUT2D eigenvalue weighted by Crippen LogP contribution is 2.38. The number of aromatic carboxylic acids is 1. The average Bonchev–Trinajstić information content (AvgIpc) is 2.99. The normalized spacial score (nSPS) is 11.3. The van der Waals surface area contributed by atoms with E-state index in [1.807, 2.05) is 6.92 Å². The first-order valence-corrected chi connectivity index (χ1v) is 8.82. The number of halogens is 3. The molecule has 7 heteroatoms. The van der Waals surface area contributed by atoms with Gasteiger partial charge < -0.3 is 9.67 Å². The van der Waals surface area contributed by atoms with Gasteiger partial charge in [0.25, 0.3) is 0 Å². The molecule has 1 heterocycles.